The molecule has 4 rings (SSSR count). The second kappa shape index (κ2) is 10.8. The van der Waals surface area contributed by atoms with E-state index in [1.165, 1.54) is 22.5 Å². The molecule has 0 radical (unpaired) electrons. The first-order chi connectivity index (χ1) is 17.7. The van der Waals surface area contributed by atoms with Crippen molar-refractivity contribution in [2.45, 2.75) is 58.3 Å². The van der Waals surface area contributed by atoms with Crippen LogP contribution in [0, 0.1) is 0 Å². The van der Waals surface area contributed by atoms with Gasteiger partial charge in [-0.2, -0.15) is 4.58 Å². The van der Waals surface area contributed by atoms with Crippen LogP contribution < -0.4 is 4.90 Å². The fraction of sp³-hybridized carbons (Fsp3) is 0.333. The monoisotopic (exact) mass is 495 g/mol. The smallest absolute Gasteiger partial charge is 0.305 e. The number of para-hydroxylation sites is 2. The minimum atomic E-state index is -0.782. The number of benzene rings is 2. The first-order valence-corrected chi connectivity index (χ1v) is 13.2. The van der Waals surface area contributed by atoms with Crippen molar-refractivity contribution in [3.63, 3.8) is 0 Å². The highest BCUT2D eigenvalue weighted by atomic mass is 16.4. The lowest BCUT2D eigenvalue weighted by atomic mass is 9.81. The van der Waals surface area contributed by atoms with Gasteiger partial charge in [0, 0.05) is 47.5 Å². The van der Waals surface area contributed by atoms with E-state index in [4.69, 9.17) is 0 Å². The standard InChI is InChI=1S/C33H38N2O2/c1-6-23-34-27-18-14-12-16-25(27)32(2,3)29(34)20-10-8-7-9-11-21-30-33(4,5)26-17-13-15-19-28(26)35(30)24-22-31(36)37/h7-21H,6,22-24H2,1-5H3/p+1. The van der Waals surface area contributed by atoms with E-state index in [2.05, 4.69) is 105 Å². The van der Waals surface area contributed by atoms with Crippen molar-refractivity contribution >= 4 is 23.1 Å². The van der Waals surface area contributed by atoms with Crippen molar-refractivity contribution in [1.82, 2.24) is 0 Å². The molecule has 2 aromatic carbocycles. The van der Waals surface area contributed by atoms with Gasteiger partial charge >= 0.3 is 5.97 Å². The lowest BCUT2D eigenvalue weighted by Crippen LogP contribution is -2.28. The molecule has 0 atom stereocenters. The summed E-state index contributed by atoms with van der Waals surface area (Å²) in [6.07, 6.45) is 15.9. The molecule has 2 aromatic rings. The SMILES string of the molecule is CCC[N+]1=C(/C=C/C=C/C=C/C=C2/N(CCC(=O)O)c3ccccc3C2(C)C)C(C)(C)c2ccccc21. The zero-order valence-electron chi connectivity index (χ0n) is 22.7. The van der Waals surface area contributed by atoms with Gasteiger partial charge in [-0.1, -0.05) is 87.5 Å². The first kappa shape index (κ1) is 26.4. The summed E-state index contributed by atoms with van der Waals surface area (Å²) >= 11 is 0. The van der Waals surface area contributed by atoms with E-state index in [9.17, 15) is 9.90 Å². The molecule has 0 aromatic heterocycles. The summed E-state index contributed by atoms with van der Waals surface area (Å²) in [5, 5.41) is 9.26. The van der Waals surface area contributed by atoms with Gasteiger partial charge in [-0.15, -0.1) is 0 Å². The number of nitrogens with zero attached hydrogens (tertiary/aromatic N) is 2. The summed E-state index contributed by atoms with van der Waals surface area (Å²) in [7, 11) is 0. The molecule has 0 aliphatic carbocycles. The van der Waals surface area contributed by atoms with Gasteiger partial charge in [-0.25, -0.2) is 0 Å². The van der Waals surface area contributed by atoms with Gasteiger partial charge in [-0.05, 0) is 31.6 Å². The third-order valence-electron chi connectivity index (χ3n) is 7.55. The molecule has 0 amide bonds. The van der Waals surface area contributed by atoms with Gasteiger partial charge in [0.25, 0.3) is 0 Å². The summed E-state index contributed by atoms with van der Waals surface area (Å²) in [4.78, 5) is 13.4. The predicted molar refractivity (Wildman–Crippen MR) is 154 cm³/mol. The summed E-state index contributed by atoms with van der Waals surface area (Å²) in [6.45, 7) is 12.7. The molecule has 0 bridgehead atoms. The number of allylic oxidation sites excluding steroid dienone is 8. The Morgan fingerprint density at radius 1 is 0.892 bits per heavy atom. The normalized spacial score (nSPS) is 19.1. The van der Waals surface area contributed by atoms with Crippen LogP contribution in [0.4, 0.5) is 11.4 Å². The molecular weight excluding hydrogens is 456 g/mol. The highest BCUT2D eigenvalue weighted by Crippen LogP contribution is 2.47. The van der Waals surface area contributed by atoms with Crippen molar-refractivity contribution in [1.29, 1.82) is 0 Å². The lowest BCUT2D eigenvalue weighted by Gasteiger charge is -2.26. The maximum absolute atomic E-state index is 11.3. The molecule has 192 valence electrons. The molecule has 2 aliphatic rings. The highest BCUT2D eigenvalue weighted by Gasteiger charge is 2.43. The average molecular weight is 496 g/mol. The Morgan fingerprint density at radius 3 is 2.27 bits per heavy atom. The predicted octanol–water partition coefficient (Wildman–Crippen LogP) is 7.30. The summed E-state index contributed by atoms with van der Waals surface area (Å²) in [6, 6.07) is 17.0. The number of hydrogen-bond donors (Lipinski definition) is 1. The van der Waals surface area contributed by atoms with E-state index in [1.54, 1.807) is 0 Å². The van der Waals surface area contributed by atoms with Crippen LogP contribution in [0.3, 0.4) is 0 Å². The Morgan fingerprint density at radius 2 is 1.54 bits per heavy atom. The van der Waals surface area contributed by atoms with Gasteiger partial charge in [0.2, 0.25) is 5.69 Å². The second-order valence-corrected chi connectivity index (χ2v) is 10.8. The third kappa shape index (κ3) is 5.11. The van der Waals surface area contributed by atoms with Crippen molar-refractivity contribution in [3.05, 3.63) is 108 Å². The van der Waals surface area contributed by atoms with Gasteiger partial charge in [-0.3, -0.25) is 4.79 Å². The van der Waals surface area contributed by atoms with Crippen LogP contribution in [-0.2, 0) is 15.6 Å². The molecule has 4 heteroatoms. The summed E-state index contributed by atoms with van der Waals surface area (Å²) in [5.74, 6) is -0.782. The third-order valence-corrected chi connectivity index (χ3v) is 7.55. The van der Waals surface area contributed by atoms with Crippen molar-refractivity contribution in [3.8, 4) is 0 Å². The number of rotatable bonds is 9. The highest BCUT2D eigenvalue weighted by molar-refractivity contribution is 6.03. The number of hydrogen-bond acceptors (Lipinski definition) is 2. The van der Waals surface area contributed by atoms with Crippen LogP contribution in [0.15, 0.2) is 96.8 Å². The Hall–Kier alpha value is -3.66. The first-order valence-electron chi connectivity index (χ1n) is 13.2. The Labute approximate surface area is 221 Å². The Balaban J connectivity index is 1.52. The summed E-state index contributed by atoms with van der Waals surface area (Å²) in [5.41, 5.74) is 7.25. The number of fused-ring (bicyclic) bond motifs is 2. The molecule has 2 heterocycles. The molecule has 0 unspecified atom stereocenters. The van der Waals surface area contributed by atoms with E-state index in [1.807, 2.05) is 30.4 Å². The number of carboxylic acid groups (broad SMARTS) is 1. The molecule has 4 nitrogen and oxygen atoms in total. The molecular formula is C33H39N2O2+. The molecule has 1 N–H and O–H groups in total. The number of anilines is 1. The number of carbonyl (C=O) groups is 1. The molecule has 0 fully saturated rings. The number of aliphatic carboxylic acids is 1. The van der Waals surface area contributed by atoms with Crippen LogP contribution in [0.2, 0.25) is 0 Å². The maximum Gasteiger partial charge on any atom is 0.305 e. The van der Waals surface area contributed by atoms with E-state index in [0.717, 1.165) is 24.4 Å². The zero-order chi connectivity index (χ0) is 26.6. The minimum absolute atomic E-state index is 0.0289. The van der Waals surface area contributed by atoms with Crippen molar-refractivity contribution < 1.29 is 14.5 Å². The molecule has 0 saturated carbocycles. The molecule has 2 aliphatic heterocycles. The van der Waals surface area contributed by atoms with E-state index >= 15 is 0 Å². The molecule has 0 spiro atoms. The van der Waals surface area contributed by atoms with Gasteiger partial charge in [0.1, 0.15) is 6.54 Å². The van der Waals surface area contributed by atoms with Crippen LogP contribution >= 0.6 is 0 Å². The van der Waals surface area contributed by atoms with E-state index in [0.29, 0.717) is 6.54 Å². The number of carboxylic acids is 1. The quantitative estimate of drug-likeness (QED) is 0.293. The Kier molecular flexibility index (Phi) is 7.68. The second-order valence-electron chi connectivity index (χ2n) is 10.8. The minimum Gasteiger partial charge on any atom is -0.481 e. The fourth-order valence-corrected chi connectivity index (χ4v) is 5.68. The average Bonchev–Trinajstić information content (AvgIpc) is 3.21. The van der Waals surface area contributed by atoms with Crippen LogP contribution in [0.5, 0.6) is 0 Å². The van der Waals surface area contributed by atoms with Gasteiger partial charge in [0.05, 0.1) is 11.8 Å². The van der Waals surface area contributed by atoms with Crippen molar-refractivity contribution in [2.75, 3.05) is 18.0 Å². The van der Waals surface area contributed by atoms with E-state index in [-0.39, 0.29) is 17.3 Å². The zero-order valence-corrected chi connectivity index (χ0v) is 22.7. The Bertz CT molecular complexity index is 1320. The van der Waals surface area contributed by atoms with Gasteiger partial charge in [0.15, 0.2) is 5.71 Å². The fourth-order valence-electron chi connectivity index (χ4n) is 5.68. The lowest BCUT2D eigenvalue weighted by molar-refractivity contribution is -0.437. The van der Waals surface area contributed by atoms with Crippen molar-refractivity contribution in [2.24, 2.45) is 0 Å². The van der Waals surface area contributed by atoms with Crippen LogP contribution in [0.25, 0.3) is 0 Å². The van der Waals surface area contributed by atoms with Crippen LogP contribution in [-0.4, -0.2) is 34.5 Å². The van der Waals surface area contributed by atoms with Crippen LogP contribution in [0.1, 0.15) is 58.6 Å². The molecule has 0 saturated heterocycles. The molecule has 37 heavy (non-hydrogen) atoms. The van der Waals surface area contributed by atoms with Gasteiger partial charge < -0.3 is 10.0 Å². The van der Waals surface area contributed by atoms with E-state index < -0.39 is 5.97 Å². The maximum atomic E-state index is 11.3. The topological polar surface area (TPSA) is 43.5 Å². The largest absolute Gasteiger partial charge is 0.481 e. The summed E-state index contributed by atoms with van der Waals surface area (Å²) < 4.78 is 2.45.